The van der Waals surface area contributed by atoms with E-state index >= 15 is 0 Å². The zero-order valence-electron chi connectivity index (χ0n) is 11.0. The maximum absolute atomic E-state index is 12.0. The molecule has 1 fully saturated rings. The summed E-state index contributed by atoms with van der Waals surface area (Å²) < 4.78 is 45.7. The topological polar surface area (TPSA) is 44.5 Å². The normalized spacial score (nSPS) is 23.0. The van der Waals surface area contributed by atoms with Gasteiger partial charge in [0.15, 0.2) is 0 Å². The van der Waals surface area contributed by atoms with Crippen LogP contribution in [-0.2, 0) is 11.3 Å². The minimum absolute atomic E-state index is 0.158. The monoisotopic (exact) mass is 289 g/mol. The Bertz CT molecular complexity index is 419. The summed E-state index contributed by atoms with van der Waals surface area (Å²) in [6.45, 7) is 0.997. The van der Waals surface area contributed by atoms with Crippen LogP contribution in [0.1, 0.15) is 24.8 Å². The summed E-state index contributed by atoms with van der Waals surface area (Å²) in [5.74, 6) is 0.171. The molecule has 0 spiro atoms. The second-order valence-electron chi connectivity index (χ2n) is 4.97. The van der Waals surface area contributed by atoms with Gasteiger partial charge in [-0.2, -0.15) is 0 Å². The van der Waals surface area contributed by atoms with Crippen molar-refractivity contribution in [2.24, 2.45) is 11.7 Å². The molecule has 6 heteroatoms. The van der Waals surface area contributed by atoms with Crippen molar-refractivity contribution in [2.75, 3.05) is 6.54 Å². The quantitative estimate of drug-likeness (QED) is 0.905. The first kappa shape index (κ1) is 15.1. The van der Waals surface area contributed by atoms with Gasteiger partial charge < -0.3 is 15.2 Å². The Morgan fingerprint density at radius 3 is 2.45 bits per heavy atom. The Morgan fingerprint density at radius 1 is 1.15 bits per heavy atom. The van der Waals surface area contributed by atoms with Gasteiger partial charge in [-0.05, 0) is 43.0 Å². The molecular weight excluding hydrogens is 271 g/mol. The number of halogens is 3. The number of hydrogen-bond acceptors (Lipinski definition) is 3. The molecule has 3 nitrogen and oxygen atoms in total. The summed E-state index contributed by atoms with van der Waals surface area (Å²) in [6, 6.07) is 5.74. The molecule has 2 rings (SSSR count). The molecule has 1 aromatic carbocycles. The van der Waals surface area contributed by atoms with Crippen LogP contribution in [0.3, 0.4) is 0 Å². The van der Waals surface area contributed by atoms with E-state index in [2.05, 4.69) is 4.74 Å². The van der Waals surface area contributed by atoms with E-state index in [-0.39, 0.29) is 11.9 Å². The lowest BCUT2D eigenvalue weighted by atomic mass is 10.1. The van der Waals surface area contributed by atoms with E-state index < -0.39 is 6.36 Å². The fourth-order valence-corrected chi connectivity index (χ4v) is 2.48. The molecule has 0 heterocycles. The molecule has 1 aliphatic rings. The van der Waals surface area contributed by atoms with Crippen LogP contribution in [0.25, 0.3) is 0 Å². The van der Waals surface area contributed by atoms with Crippen LogP contribution in [0.15, 0.2) is 24.3 Å². The Labute approximate surface area is 115 Å². The molecule has 1 saturated carbocycles. The average molecular weight is 289 g/mol. The van der Waals surface area contributed by atoms with Crippen molar-refractivity contribution < 1.29 is 22.6 Å². The molecule has 112 valence electrons. The smallest absolute Gasteiger partial charge is 0.406 e. The first-order chi connectivity index (χ1) is 9.48. The largest absolute Gasteiger partial charge is 0.573 e. The van der Waals surface area contributed by atoms with Crippen LogP contribution in [0, 0.1) is 5.92 Å². The fraction of sp³-hybridized carbons (Fsp3) is 0.571. The highest BCUT2D eigenvalue weighted by atomic mass is 19.4. The lowest BCUT2D eigenvalue weighted by Crippen LogP contribution is -2.25. The van der Waals surface area contributed by atoms with Gasteiger partial charge in [0.2, 0.25) is 0 Å². The highest BCUT2D eigenvalue weighted by molar-refractivity contribution is 5.27. The SMILES string of the molecule is NCC1CCCC1OCc1ccc(OC(F)(F)F)cc1. The summed E-state index contributed by atoms with van der Waals surface area (Å²) in [5, 5.41) is 0. The van der Waals surface area contributed by atoms with Crippen LogP contribution in [-0.4, -0.2) is 19.0 Å². The summed E-state index contributed by atoms with van der Waals surface area (Å²) in [7, 11) is 0. The average Bonchev–Trinajstić information content (AvgIpc) is 2.83. The highest BCUT2D eigenvalue weighted by Gasteiger charge is 2.31. The first-order valence-corrected chi connectivity index (χ1v) is 6.64. The minimum atomic E-state index is -4.66. The molecule has 2 atom stereocenters. The Balaban J connectivity index is 1.85. The third-order valence-electron chi connectivity index (χ3n) is 3.51. The zero-order chi connectivity index (χ0) is 14.6. The third-order valence-corrected chi connectivity index (χ3v) is 3.51. The molecule has 0 bridgehead atoms. The van der Waals surface area contributed by atoms with Crippen molar-refractivity contribution in [3.8, 4) is 5.75 Å². The van der Waals surface area contributed by atoms with Gasteiger partial charge >= 0.3 is 6.36 Å². The number of alkyl halides is 3. The molecule has 1 aromatic rings. The van der Waals surface area contributed by atoms with Crippen molar-refractivity contribution in [1.29, 1.82) is 0 Å². The second kappa shape index (κ2) is 6.45. The fourth-order valence-electron chi connectivity index (χ4n) is 2.48. The van der Waals surface area contributed by atoms with Crippen molar-refractivity contribution in [2.45, 2.75) is 38.3 Å². The van der Waals surface area contributed by atoms with Crippen molar-refractivity contribution in [1.82, 2.24) is 0 Å². The van der Waals surface area contributed by atoms with Crippen LogP contribution < -0.4 is 10.5 Å². The lowest BCUT2D eigenvalue weighted by molar-refractivity contribution is -0.274. The number of hydrogen-bond donors (Lipinski definition) is 1. The third kappa shape index (κ3) is 4.38. The Morgan fingerprint density at radius 2 is 1.85 bits per heavy atom. The predicted octanol–water partition coefficient (Wildman–Crippen LogP) is 3.23. The highest BCUT2D eigenvalue weighted by Crippen LogP contribution is 2.28. The minimum Gasteiger partial charge on any atom is -0.406 e. The molecule has 0 saturated heterocycles. The number of rotatable bonds is 5. The first-order valence-electron chi connectivity index (χ1n) is 6.64. The van der Waals surface area contributed by atoms with E-state index in [0.29, 0.717) is 19.1 Å². The molecular formula is C14H18F3NO2. The van der Waals surface area contributed by atoms with E-state index in [0.717, 1.165) is 24.8 Å². The van der Waals surface area contributed by atoms with E-state index in [1.165, 1.54) is 12.1 Å². The number of ether oxygens (including phenoxy) is 2. The van der Waals surface area contributed by atoms with Gasteiger partial charge in [0.05, 0.1) is 12.7 Å². The van der Waals surface area contributed by atoms with Gasteiger partial charge in [0.1, 0.15) is 5.75 Å². The molecule has 2 unspecified atom stereocenters. The number of benzene rings is 1. The Kier molecular flexibility index (Phi) is 4.88. The van der Waals surface area contributed by atoms with E-state index in [1.54, 1.807) is 12.1 Å². The van der Waals surface area contributed by atoms with Crippen LogP contribution in [0.5, 0.6) is 5.75 Å². The van der Waals surface area contributed by atoms with Crippen LogP contribution >= 0.6 is 0 Å². The van der Waals surface area contributed by atoms with Gasteiger partial charge in [-0.25, -0.2) is 0 Å². The molecule has 2 N–H and O–H groups in total. The zero-order valence-corrected chi connectivity index (χ0v) is 11.0. The van der Waals surface area contributed by atoms with Gasteiger partial charge in [0.25, 0.3) is 0 Å². The molecule has 1 aliphatic carbocycles. The molecule has 0 amide bonds. The van der Waals surface area contributed by atoms with E-state index in [9.17, 15) is 13.2 Å². The standard InChI is InChI=1S/C14H18F3NO2/c15-14(16,17)20-12-6-4-10(5-7-12)9-19-13-3-1-2-11(13)8-18/h4-7,11,13H,1-3,8-9,18H2. The van der Waals surface area contributed by atoms with Crippen molar-refractivity contribution in [3.05, 3.63) is 29.8 Å². The summed E-state index contributed by atoms with van der Waals surface area (Å²) in [4.78, 5) is 0. The maximum atomic E-state index is 12.0. The molecule has 0 aliphatic heterocycles. The van der Waals surface area contributed by atoms with Crippen LogP contribution in [0.2, 0.25) is 0 Å². The Hall–Kier alpha value is -1.27. The summed E-state index contributed by atoms with van der Waals surface area (Å²) in [6.07, 6.45) is -1.30. The van der Waals surface area contributed by atoms with Gasteiger partial charge in [-0.1, -0.05) is 18.6 Å². The van der Waals surface area contributed by atoms with Gasteiger partial charge in [-0.15, -0.1) is 13.2 Å². The van der Waals surface area contributed by atoms with Crippen molar-refractivity contribution in [3.63, 3.8) is 0 Å². The van der Waals surface area contributed by atoms with Crippen LogP contribution in [0.4, 0.5) is 13.2 Å². The molecule has 0 radical (unpaired) electrons. The summed E-state index contributed by atoms with van der Waals surface area (Å²) >= 11 is 0. The molecule has 20 heavy (non-hydrogen) atoms. The predicted molar refractivity (Wildman–Crippen MR) is 68.1 cm³/mol. The summed E-state index contributed by atoms with van der Waals surface area (Å²) in [5.41, 5.74) is 6.49. The van der Waals surface area contributed by atoms with E-state index in [4.69, 9.17) is 10.5 Å². The van der Waals surface area contributed by atoms with Gasteiger partial charge in [0, 0.05) is 0 Å². The number of nitrogens with two attached hydrogens (primary N) is 1. The van der Waals surface area contributed by atoms with Crippen molar-refractivity contribution >= 4 is 0 Å². The van der Waals surface area contributed by atoms with Gasteiger partial charge in [-0.3, -0.25) is 0 Å². The lowest BCUT2D eigenvalue weighted by Gasteiger charge is -2.18. The maximum Gasteiger partial charge on any atom is 0.573 e. The second-order valence-corrected chi connectivity index (χ2v) is 4.97. The molecule has 0 aromatic heterocycles. The van der Waals surface area contributed by atoms with E-state index in [1.807, 2.05) is 0 Å².